The molecule has 1 rings (SSSR count). The summed E-state index contributed by atoms with van der Waals surface area (Å²) in [6.07, 6.45) is -0.783. The van der Waals surface area contributed by atoms with Crippen LogP contribution in [0.15, 0.2) is 23.2 Å². The fourth-order valence-corrected chi connectivity index (χ4v) is 1.78. The summed E-state index contributed by atoms with van der Waals surface area (Å²) in [5, 5.41) is 9.54. The van der Waals surface area contributed by atoms with Gasteiger partial charge in [0.1, 0.15) is 0 Å². The van der Waals surface area contributed by atoms with Crippen LogP contribution < -0.4 is 0 Å². The van der Waals surface area contributed by atoms with Crippen LogP contribution >= 0.6 is 23.2 Å². The number of nitrogens with zero attached hydrogens (tertiary/aromatic N) is 2. The highest BCUT2D eigenvalue weighted by Gasteiger charge is 2.11. The summed E-state index contributed by atoms with van der Waals surface area (Å²) in [6.45, 7) is 1.89. The van der Waals surface area contributed by atoms with E-state index in [1.807, 2.05) is 6.07 Å². The number of benzene rings is 1. The molecule has 0 aromatic heterocycles. The number of hydrogen-bond donors (Lipinski definition) is 0. The Balaban J connectivity index is 3.12. The van der Waals surface area contributed by atoms with Crippen molar-refractivity contribution in [2.24, 2.45) is 4.99 Å². The topological polar surface area (TPSA) is 62.4 Å². The summed E-state index contributed by atoms with van der Waals surface area (Å²) in [4.78, 5) is 15.0. The number of hydrogen-bond acceptors (Lipinski definition) is 3. The molecule has 18 heavy (non-hydrogen) atoms. The Morgan fingerprint density at radius 2 is 2.22 bits per heavy atom. The largest absolute Gasteiger partial charge is 0.448 e. The molecule has 0 N–H and O–H groups in total. The van der Waals surface area contributed by atoms with Gasteiger partial charge in [-0.25, -0.2) is 4.79 Å². The molecule has 6 heteroatoms. The first-order chi connectivity index (χ1) is 8.58. The maximum absolute atomic E-state index is 11.3. The summed E-state index contributed by atoms with van der Waals surface area (Å²) >= 11 is 11.8. The van der Waals surface area contributed by atoms with Gasteiger partial charge in [0, 0.05) is 10.6 Å². The Morgan fingerprint density at radius 1 is 1.50 bits per heavy atom. The molecule has 0 aliphatic carbocycles. The van der Waals surface area contributed by atoms with E-state index in [9.17, 15) is 4.79 Å². The van der Waals surface area contributed by atoms with Crippen LogP contribution in [0.4, 0.5) is 4.79 Å². The molecule has 1 aromatic carbocycles. The highest BCUT2D eigenvalue weighted by Crippen LogP contribution is 2.22. The fourth-order valence-electron chi connectivity index (χ4n) is 1.26. The van der Waals surface area contributed by atoms with Crippen LogP contribution in [0.5, 0.6) is 0 Å². The second kappa shape index (κ2) is 7.00. The number of nitriles is 1. The van der Waals surface area contributed by atoms with Crippen molar-refractivity contribution in [1.82, 2.24) is 0 Å². The SMILES string of the molecule is CCOC(=O)N=C(CC#N)c1ccc(Cl)cc1Cl. The lowest BCUT2D eigenvalue weighted by atomic mass is 10.1. The van der Waals surface area contributed by atoms with Gasteiger partial charge in [-0.05, 0) is 19.1 Å². The molecular weight excluding hydrogens is 275 g/mol. The number of aliphatic imine (C=N–C) groups is 1. The van der Waals surface area contributed by atoms with E-state index in [1.165, 1.54) is 6.07 Å². The number of amides is 1. The van der Waals surface area contributed by atoms with Gasteiger partial charge in [0.25, 0.3) is 0 Å². The van der Waals surface area contributed by atoms with Gasteiger partial charge in [-0.1, -0.05) is 29.3 Å². The molecule has 0 aliphatic heterocycles. The minimum absolute atomic E-state index is 0.0415. The van der Waals surface area contributed by atoms with E-state index < -0.39 is 6.09 Å². The van der Waals surface area contributed by atoms with E-state index >= 15 is 0 Å². The first kappa shape index (κ1) is 14.5. The van der Waals surface area contributed by atoms with Gasteiger partial charge in [-0.15, -0.1) is 0 Å². The molecule has 0 radical (unpaired) electrons. The van der Waals surface area contributed by atoms with Crippen molar-refractivity contribution in [3.05, 3.63) is 33.8 Å². The monoisotopic (exact) mass is 284 g/mol. The molecule has 0 fully saturated rings. The lowest BCUT2D eigenvalue weighted by Crippen LogP contribution is -2.07. The van der Waals surface area contributed by atoms with Crippen LogP contribution in [0.3, 0.4) is 0 Å². The van der Waals surface area contributed by atoms with E-state index in [-0.39, 0.29) is 18.7 Å². The number of halogens is 2. The van der Waals surface area contributed by atoms with Gasteiger partial charge in [0.2, 0.25) is 0 Å². The van der Waals surface area contributed by atoms with Gasteiger partial charge in [0.15, 0.2) is 0 Å². The summed E-state index contributed by atoms with van der Waals surface area (Å²) in [5.74, 6) is 0. The Bertz CT molecular complexity index is 521. The maximum atomic E-state index is 11.3. The zero-order valence-electron chi connectivity index (χ0n) is 9.61. The van der Waals surface area contributed by atoms with E-state index in [0.717, 1.165) is 0 Å². The van der Waals surface area contributed by atoms with Gasteiger partial charge >= 0.3 is 6.09 Å². The van der Waals surface area contributed by atoms with E-state index in [0.29, 0.717) is 15.6 Å². The molecule has 0 unspecified atom stereocenters. The van der Waals surface area contributed by atoms with Crippen LogP contribution in [-0.2, 0) is 4.74 Å². The summed E-state index contributed by atoms with van der Waals surface area (Å²) < 4.78 is 4.70. The summed E-state index contributed by atoms with van der Waals surface area (Å²) in [6, 6.07) is 6.67. The number of rotatable bonds is 3. The van der Waals surface area contributed by atoms with E-state index in [2.05, 4.69) is 4.99 Å². The molecule has 4 nitrogen and oxygen atoms in total. The third kappa shape index (κ3) is 4.02. The third-order valence-corrected chi connectivity index (χ3v) is 2.53. The molecule has 0 heterocycles. The van der Waals surface area contributed by atoms with Crippen LogP contribution in [0.2, 0.25) is 10.0 Å². The minimum atomic E-state index is -0.742. The van der Waals surface area contributed by atoms with Crippen molar-refractivity contribution >= 4 is 35.0 Å². The maximum Gasteiger partial charge on any atom is 0.433 e. The average molecular weight is 285 g/mol. The lowest BCUT2D eigenvalue weighted by Gasteiger charge is -2.05. The van der Waals surface area contributed by atoms with Gasteiger partial charge < -0.3 is 4.74 Å². The molecule has 0 spiro atoms. The van der Waals surface area contributed by atoms with Crippen LogP contribution in [0.1, 0.15) is 18.9 Å². The third-order valence-electron chi connectivity index (χ3n) is 1.98. The van der Waals surface area contributed by atoms with Crippen molar-refractivity contribution in [2.75, 3.05) is 6.61 Å². The van der Waals surface area contributed by atoms with Gasteiger partial charge in [0.05, 0.1) is 29.8 Å². The molecule has 0 aliphatic rings. The van der Waals surface area contributed by atoms with Crippen LogP contribution in [0, 0.1) is 11.3 Å². The van der Waals surface area contributed by atoms with E-state index in [1.54, 1.807) is 19.1 Å². The zero-order valence-corrected chi connectivity index (χ0v) is 11.1. The Morgan fingerprint density at radius 3 is 2.78 bits per heavy atom. The fraction of sp³-hybridized carbons (Fsp3) is 0.250. The summed E-state index contributed by atoms with van der Waals surface area (Å²) in [5.41, 5.74) is 0.758. The van der Waals surface area contributed by atoms with Crippen molar-refractivity contribution in [3.63, 3.8) is 0 Å². The standard InChI is InChI=1S/C12H10Cl2N2O2/c1-2-18-12(17)16-11(5-6-15)9-4-3-8(13)7-10(9)14/h3-4,7H,2,5H2,1H3. The average Bonchev–Trinajstić information content (AvgIpc) is 2.29. The highest BCUT2D eigenvalue weighted by molar-refractivity contribution is 6.37. The lowest BCUT2D eigenvalue weighted by molar-refractivity contribution is 0.163. The number of ether oxygens (including phenoxy) is 1. The van der Waals surface area contributed by atoms with E-state index in [4.69, 9.17) is 33.2 Å². The smallest absolute Gasteiger partial charge is 0.433 e. The molecule has 0 saturated carbocycles. The first-order valence-electron chi connectivity index (χ1n) is 5.15. The Hall–Kier alpha value is -1.57. The Labute approximate surface area is 115 Å². The first-order valence-corrected chi connectivity index (χ1v) is 5.90. The van der Waals surface area contributed by atoms with Gasteiger partial charge in [-0.3, -0.25) is 0 Å². The highest BCUT2D eigenvalue weighted by atomic mass is 35.5. The van der Waals surface area contributed by atoms with Gasteiger partial charge in [-0.2, -0.15) is 10.3 Å². The predicted octanol–water partition coefficient (Wildman–Crippen LogP) is 3.85. The normalized spacial score (nSPS) is 10.9. The summed E-state index contributed by atoms with van der Waals surface area (Å²) in [7, 11) is 0. The van der Waals surface area contributed by atoms with Crippen LogP contribution in [-0.4, -0.2) is 18.4 Å². The van der Waals surface area contributed by atoms with Crippen molar-refractivity contribution in [2.45, 2.75) is 13.3 Å². The molecule has 0 atom stereocenters. The molecule has 1 aromatic rings. The van der Waals surface area contributed by atoms with Crippen molar-refractivity contribution < 1.29 is 9.53 Å². The zero-order chi connectivity index (χ0) is 13.5. The molecule has 1 amide bonds. The second-order valence-electron chi connectivity index (χ2n) is 3.22. The molecule has 94 valence electrons. The van der Waals surface area contributed by atoms with Crippen molar-refractivity contribution in [1.29, 1.82) is 5.26 Å². The number of carbonyl (C=O) groups is 1. The molecular formula is C12H10Cl2N2O2. The van der Waals surface area contributed by atoms with Crippen LogP contribution in [0.25, 0.3) is 0 Å². The molecule has 0 bridgehead atoms. The predicted molar refractivity (Wildman–Crippen MR) is 70.3 cm³/mol. The Kier molecular flexibility index (Phi) is 5.63. The number of carbonyl (C=O) groups excluding carboxylic acids is 1. The minimum Gasteiger partial charge on any atom is -0.448 e. The molecule has 0 saturated heterocycles. The quantitative estimate of drug-likeness (QED) is 0.792. The van der Waals surface area contributed by atoms with Crippen molar-refractivity contribution in [3.8, 4) is 6.07 Å². The second-order valence-corrected chi connectivity index (χ2v) is 4.06.